The van der Waals surface area contributed by atoms with Crippen molar-refractivity contribution >= 4 is 43.1 Å². The van der Waals surface area contributed by atoms with Crippen LogP contribution in [-0.4, -0.2) is 21.0 Å². The Kier molecular flexibility index (Phi) is 5.90. The molecule has 0 saturated heterocycles. The highest BCUT2D eigenvalue weighted by Crippen LogP contribution is 2.26. The highest BCUT2D eigenvalue weighted by Gasteiger charge is 2.13. The van der Waals surface area contributed by atoms with E-state index >= 15 is 0 Å². The molecule has 1 aromatic rings. The second-order valence-electron chi connectivity index (χ2n) is 3.81. The van der Waals surface area contributed by atoms with Crippen LogP contribution in [0.15, 0.2) is 23.1 Å². The van der Waals surface area contributed by atoms with E-state index < -0.39 is 15.1 Å². The Labute approximate surface area is 121 Å². The summed E-state index contributed by atoms with van der Waals surface area (Å²) in [7, 11) is 1.36. The van der Waals surface area contributed by atoms with Crippen molar-refractivity contribution in [2.45, 2.75) is 24.7 Å². The number of amides is 2. The summed E-state index contributed by atoms with van der Waals surface area (Å²) in [4.78, 5) is 11.4. The summed E-state index contributed by atoms with van der Waals surface area (Å²) in [6.07, 6.45) is 1.86. The first-order chi connectivity index (χ1) is 8.84. The maximum absolute atomic E-state index is 11.5. The molecule has 5 nitrogen and oxygen atoms in total. The summed E-state index contributed by atoms with van der Waals surface area (Å²) in [5, 5.41) is 5.28. The van der Waals surface area contributed by atoms with E-state index in [0.717, 1.165) is 12.8 Å². The number of unbranched alkanes of at least 4 members (excludes halogenated alkanes) is 1. The first kappa shape index (κ1) is 16.1. The maximum Gasteiger partial charge on any atom is 0.319 e. The zero-order chi connectivity index (χ0) is 14.5. The van der Waals surface area contributed by atoms with Gasteiger partial charge in [0.05, 0.1) is 15.6 Å². The van der Waals surface area contributed by atoms with Crippen LogP contribution >= 0.6 is 22.3 Å². The lowest BCUT2D eigenvalue weighted by atomic mass is 10.3. The van der Waals surface area contributed by atoms with Crippen LogP contribution in [0.25, 0.3) is 0 Å². The molecule has 0 aromatic heterocycles. The van der Waals surface area contributed by atoms with Crippen molar-refractivity contribution < 1.29 is 13.2 Å². The van der Waals surface area contributed by atoms with Crippen LogP contribution in [0.2, 0.25) is 5.02 Å². The minimum absolute atomic E-state index is 0.104. The van der Waals surface area contributed by atoms with Crippen LogP contribution in [0.5, 0.6) is 0 Å². The second-order valence-corrected chi connectivity index (χ2v) is 6.79. The van der Waals surface area contributed by atoms with Gasteiger partial charge in [-0.1, -0.05) is 24.9 Å². The zero-order valence-electron chi connectivity index (χ0n) is 10.2. The molecule has 0 saturated carbocycles. The molecular weight excluding hydrogens is 311 g/mol. The first-order valence-electron chi connectivity index (χ1n) is 5.63. The van der Waals surface area contributed by atoms with Crippen molar-refractivity contribution in [2.75, 3.05) is 11.9 Å². The lowest BCUT2D eigenvalue weighted by molar-refractivity contribution is 0.252. The first-order valence-corrected chi connectivity index (χ1v) is 8.32. The van der Waals surface area contributed by atoms with Gasteiger partial charge in [0.2, 0.25) is 0 Å². The van der Waals surface area contributed by atoms with Crippen molar-refractivity contribution in [3.05, 3.63) is 23.2 Å². The Balaban J connectivity index is 2.73. The quantitative estimate of drug-likeness (QED) is 0.645. The third-order valence-corrected chi connectivity index (χ3v) is 3.95. The number of rotatable bonds is 5. The third-order valence-electron chi connectivity index (χ3n) is 2.29. The van der Waals surface area contributed by atoms with Crippen molar-refractivity contribution in [3.8, 4) is 0 Å². The molecule has 0 aliphatic carbocycles. The second kappa shape index (κ2) is 6.98. The van der Waals surface area contributed by atoms with Crippen LogP contribution in [0.4, 0.5) is 10.5 Å². The van der Waals surface area contributed by atoms with Crippen LogP contribution in [0.3, 0.4) is 0 Å². The van der Waals surface area contributed by atoms with Gasteiger partial charge in [-0.05, 0) is 24.6 Å². The van der Waals surface area contributed by atoms with Crippen LogP contribution in [-0.2, 0) is 9.05 Å². The van der Waals surface area contributed by atoms with Crippen molar-refractivity contribution in [1.29, 1.82) is 0 Å². The van der Waals surface area contributed by atoms with Crippen LogP contribution in [0.1, 0.15) is 19.8 Å². The zero-order valence-corrected chi connectivity index (χ0v) is 12.6. The van der Waals surface area contributed by atoms with Crippen LogP contribution in [0, 0.1) is 0 Å². The maximum atomic E-state index is 11.5. The van der Waals surface area contributed by atoms with Gasteiger partial charge in [-0.3, -0.25) is 0 Å². The van der Waals surface area contributed by atoms with E-state index in [2.05, 4.69) is 10.6 Å². The summed E-state index contributed by atoms with van der Waals surface area (Å²) in [5.41, 5.74) is 0.319. The Morgan fingerprint density at radius 3 is 2.58 bits per heavy atom. The number of benzene rings is 1. The van der Waals surface area contributed by atoms with E-state index in [9.17, 15) is 13.2 Å². The molecule has 0 spiro atoms. The summed E-state index contributed by atoms with van der Waals surface area (Å²) < 4.78 is 22.2. The number of carbonyl (C=O) groups is 1. The van der Waals surface area contributed by atoms with E-state index in [1.807, 2.05) is 6.92 Å². The van der Waals surface area contributed by atoms with Gasteiger partial charge >= 0.3 is 6.03 Å². The molecule has 2 amide bonds. The van der Waals surface area contributed by atoms with Crippen LogP contribution < -0.4 is 10.6 Å². The molecular formula is C11H14Cl2N2O3S. The largest absolute Gasteiger partial charge is 0.338 e. The molecule has 106 valence electrons. The molecule has 0 heterocycles. The molecule has 0 aliphatic rings. The van der Waals surface area contributed by atoms with Crippen molar-refractivity contribution in [1.82, 2.24) is 5.32 Å². The lowest BCUT2D eigenvalue weighted by Crippen LogP contribution is -2.29. The van der Waals surface area contributed by atoms with Gasteiger partial charge in [-0.15, -0.1) is 0 Å². The molecule has 0 bridgehead atoms. The summed E-state index contributed by atoms with van der Waals surface area (Å²) in [5.74, 6) is 0. The molecule has 1 rings (SSSR count). The normalized spacial score (nSPS) is 11.1. The van der Waals surface area contributed by atoms with Crippen molar-refractivity contribution in [2.24, 2.45) is 0 Å². The number of anilines is 1. The van der Waals surface area contributed by atoms with E-state index in [0.29, 0.717) is 12.2 Å². The third kappa shape index (κ3) is 5.26. The van der Waals surface area contributed by atoms with E-state index in [-0.39, 0.29) is 9.92 Å². The number of hydrogen-bond acceptors (Lipinski definition) is 3. The van der Waals surface area contributed by atoms with Gasteiger partial charge in [0.15, 0.2) is 0 Å². The Morgan fingerprint density at radius 2 is 2.05 bits per heavy atom. The SMILES string of the molecule is CCCCNC(=O)Nc1ccc(S(=O)(=O)Cl)cc1Cl. The molecule has 0 aliphatic heterocycles. The minimum Gasteiger partial charge on any atom is -0.338 e. The highest BCUT2D eigenvalue weighted by atomic mass is 35.7. The predicted molar refractivity (Wildman–Crippen MR) is 76.4 cm³/mol. The summed E-state index contributed by atoms with van der Waals surface area (Å²) in [6, 6.07) is 3.45. The smallest absolute Gasteiger partial charge is 0.319 e. The highest BCUT2D eigenvalue weighted by molar-refractivity contribution is 8.13. The molecule has 19 heavy (non-hydrogen) atoms. The number of hydrogen-bond donors (Lipinski definition) is 2. The van der Waals surface area contributed by atoms with Gasteiger partial charge < -0.3 is 10.6 Å². The molecule has 0 radical (unpaired) electrons. The standard InChI is InChI=1S/C11H14Cl2N2O3S/c1-2-3-6-14-11(16)15-10-5-4-8(7-9(10)12)19(13,17)18/h4-5,7H,2-3,6H2,1H3,(H2,14,15,16). The molecule has 0 unspecified atom stereocenters. The van der Waals surface area contributed by atoms with E-state index in [4.69, 9.17) is 22.3 Å². The summed E-state index contributed by atoms with van der Waals surface area (Å²) >= 11 is 5.88. The van der Waals surface area contributed by atoms with Crippen molar-refractivity contribution in [3.63, 3.8) is 0 Å². The molecule has 0 atom stereocenters. The Morgan fingerprint density at radius 1 is 1.37 bits per heavy atom. The average Bonchev–Trinajstić information content (AvgIpc) is 2.31. The van der Waals surface area contributed by atoms with Gasteiger partial charge in [-0.25, -0.2) is 13.2 Å². The monoisotopic (exact) mass is 324 g/mol. The van der Waals surface area contributed by atoms with Gasteiger partial charge in [0, 0.05) is 17.2 Å². The van der Waals surface area contributed by atoms with Gasteiger partial charge in [0.1, 0.15) is 0 Å². The summed E-state index contributed by atoms with van der Waals surface area (Å²) in [6.45, 7) is 2.58. The number of carbonyl (C=O) groups excluding carboxylic acids is 1. The average molecular weight is 325 g/mol. The fourth-order valence-corrected chi connectivity index (χ4v) is 2.36. The molecule has 1 aromatic carbocycles. The molecule has 8 heteroatoms. The van der Waals surface area contributed by atoms with Gasteiger partial charge in [-0.2, -0.15) is 0 Å². The molecule has 0 fully saturated rings. The lowest BCUT2D eigenvalue weighted by Gasteiger charge is -2.09. The van der Waals surface area contributed by atoms with E-state index in [1.165, 1.54) is 18.2 Å². The Hall–Kier alpha value is -0.980. The number of nitrogens with one attached hydrogen (secondary N) is 2. The number of urea groups is 1. The predicted octanol–water partition coefficient (Wildman–Crippen LogP) is 3.19. The van der Waals surface area contributed by atoms with E-state index in [1.54, 1.807) is 0 Å². The fourth-order valence-electron chi connectivity index (χ4n) is 1.29. The topological polar surface area (TPSA) is 75.3 Å². The van der Waals surface area contributed by atoms with Gasteiger partial charge in [0.25, 0.3) is 9.05 Å². The molecule has 2 N–H and O–H groups in total. The minimum atomic E-state index is -3.83. The fraction of sp³-hybridized carbons (Fsp3) is 0.364. The Bertz CT molecular complexity index is 561. The number of halogens is 2.